The van der Waals surface area contributed by atoms with Gasteiger partial charge in [0.15, 0.2) is 0 Å². The lowest BCUT2D eigenvalue weighted by Crippen LogP contribution is -2.14. The van der Waals surface area contributed by atoms with Crippen molar-refractivity contribution in [3.63, 3.8) is 0 Å². The summed E-state index contributed by atoms with van der Waals surface area (Å²) in [7, 11) is -4.15. The smallest absolute Gasteiger partial charge is 0.267 e. The van der Waals surface area contributed by atoms with Crippen LogP contribution in [-0.2, 0) is 10.0 Å². The normalized spacial score (nSPS) is 11.7. The molecule has 0 aliphatic heterocycles. The molecule has 2 aromatic carbocycles. The summed E-state index contributed by atoms with van der Waals surface area (Å²) in [5.74, 6) is -0.970. The average Bonchev–Trinajstić information content (AvgIpc) is 2.90. The molecule has 25 heavy (non-hydrogen) atoms. The predicted octanol–water partition coefficient (Wildman–Crippen LogP) is 3.88. The Hall–Kier alpha value is -1.33. The van der Waals surface area contributed by atoms with E-state index in [0.717, 1.165) is 32.4 Å². The first-order chi connectivity index (χ1) is 11.7. The van der Waals surface area contributed by atoms with Gasteiger partial charge in [0.2, 0.25) is 10.0 Å². The number of hydrogen-bond donors (Lipinski definition) is 1. The van der Waals surface area contributed by atoms with Gasteiger partial charge in [-0.15, -0.1) is 0 Å². The van der Waals surface area contributed by atoms with E-state index in [2.05, 4.69) is 31.9 Å². The predicted molar refractivity (Wildman–Crippen MR) is 102 cm³/mol. The summed E-state index contributed by atoms with van der Waals surface area (Å²) in [5, 5.41) is 6.56. The Morgan fingerprint density at radius 2 is 1.80 bits per heavy atom. The van der Waals surface area contributed by atoms with E-state index in [4.69, 9.17) is 5.14 Å². The van der Waals surface area contributed by atoms with Crippen molar-refractivity contribution in [2.45, 2.75) is 4.90 Å². The molecule has 0 radical (unpaired) electrons. The Kier molecular flexibility index (Phi) is 5.00. The minimum Gasteiger partial charge on any atom is -0.267 e. The minimum atomic E-state index is -4.15. The van der Waals surface area contributed by atoms with Gasteiger partial charge in [0, 0.05) is 19.9 Å². The lowest BCUT2D eigenvalue weighted by Gasteiger charge is -2.10. The van der Waals surface area contributed by atoms with Crippen LogP contribution >= 0.6 is 43.2 Å². The molecule has 3 rings (SSSR count). The van der Waals surface area contributed by atoms with Crippen LogP contribution in [0.25, 0.3) is 16.9 Å². The number of benzene rings is 2. The number of hydrogen-bond acceptors (Lipinski definition) is 4. The van der Waals surface area contributed by atoms with Gasteiger partial charge >= 0.3 is 4.87 Å². The highest BCUT2D eigenvalue weighted by molar-refractivity contribution is 9.13. The van der Waals surface area contributed by atoms with Gasteiger partial charge in [-0.1, -0.05) is 17.4 Å². The van der Waals surface area contributed by atoms with E-state index in [1.807, 2.05) is 0 Å². The van der Waals surface area contributed by atoms with Crippen LogP contribution in [0.4, 0.5) is 4.39 Å². The fraction of sp³-hybridized carbons (Fsp3) is 0. The minimum absolute atomic E-state index is 0.250. The van der Waals surface area contributed by atoms with E-state index in [9.17, 15) is 17.6 Å². The SMILES string of the molecule is NS(=O)(=O)c1ccc(-c2csc(=O)n2-c2ccc(Br)c(Br)c2)cc1F. The Bertz CT molecular complexity index is 1140. The molecule has 130 valence electrons. The zero-order chi connectivity index (χ0) is 18.4. The summed E-state index contributed by atoms with van der Waals surface area (Å²) < 4.78 is 39.8. The van der Waals surface area contributed by atoms with Crippen molar-refractivity contribution in [3.05, 3.63) is 66.2 Å². The number of aromatic nitrogens is 1. The first kappa shape index (κ1) is 18.5. The molecule has 0 spiro atoms. The summed E-state index contributed by atoms with van der Waals surface area (Å²) in [4.78, 5) is 11.4. The van der Waals surface area contributed by atoms with Crippen LogP contribution in [0.1, 0.15) is 0 Å². The molecule has 0 aliphatic carbocycles. The zero-order valence-corrected chi connectivity index (χ0v) is 17.0. The highest BCUT2D eigenvalue weighted by Crippen LogP contribution is 2.29. The molecule has 5 nitrogen and oxygen atoms in total. The van der Waals surface area contributed by atoms with Gasteiger partial charge in [-0.25, -0.2) is 17.9 Å². The quantitative estimate of drug-likeness (QED) is 0.584. The largest absolute Gasteiger partial charge is 0.312 e. The van der Waals surface area contributed by atoms with Crippen LogP contribution in [-0.4, -0.2) is 13.0 Å². The second-order valence-electron chi connectivity index (χ2n) is 5.01. The third-order valence-corrected chi connectivity index (χ3v) is 6.94. The number of nitrogens with zero attached hydrogens (tertiary/aromatic N) is 1. The molecular weight excluding hydrogens is 499 g/mol. The topological polar surface area (TPSA) is 82.2 Å². The number of rotatable bonds is 3. The number of nitrogens with two attached hydrogens (primary N) is 1. The van der Waals surface area contributed by atoms with Crippen molar-refractivity contribution < 1.29 is 12.8 Å². The maximum atomic E-state index is 14.1. The first-order valence-electron chi connectivity index (χ1n) is 6.67. The van der Waals surface area contributed by atoms with E-state index in [1.165, 1.54) is 10.6 Å². The highest BCUT2D eigenvalue weighted by atomic mass is 79.9. The average molecular weight is 508 g/mol. The van der Waals surface area contributed by atoms with Crippen LogP contribution in [0.2, 0.25) is 0 Å². The van der Waals surface area contributed by atoms with Crippen molar-refractivity contribution >= 4 is 53.2 Å². The summed E-state index contributed by atoms with van der Waals surface area (Å²) in [6, 6.07) is 8.81. The van der Waals surface area contributed by atoms with Crippen LogP contribution in [0.5, 0.6) is 0 Å². The van der Waals surface area contributed by atoms with E-state index in [-0.39, 0.29) is 4.87 Å². The first-order valence-corrected chi connectivity index (χ1v) is 10.7. The molecule has 0 saturated carbocycles. The number of halogens is 3. The van der Waals surface area contributed by atoms with Crippen LogP contribution in [0, 0.1) is 5.82 Å². The number of sulfonamides is 1. The Labute approximate surface area is 163 Å². The van der Waals surface area contributed by atoms with Gasteiger partial charge < -0.3 is 0 Å². The van der Waals surface area contributed by atoms with Gasteiger partial charge in [0.05, 0.1) is 11.4 Å². The maximum absolute atomic E-state index is 14.1. The van der Waals surface area contributed by atoms with Gasteiger partial charge in [-0.2, -0.15) is 0 Å². The molecular formula is C15H9Br2FN2O3S2. The lowest BCUT2D eigenvalue weighted by atomic mass is 10.1. The zero-order valence-electron chi connectivity index (χ0n) is 12.2. The van der Waals surface area contributed by atoms with E-state index < -0.39 is 20.7 Å². The van der Waals surface area contributed by atoms with Crippen molar-refractivity contribution in [3.8, 4) is 16.9 Å². The van der Waals surface area contributed by atoms with Gasteiger partial charge in [-0.3, -0.25) is 9.36 Å². The molecule has 0 atom stereocenters. The Morgan fingerprint density at radius 3 is 2.40 bits per heavy atom. The molecule has 2 N–H and O–H groups in total. The number of primary sulfonamides is 1. The fourth-order valence-electron chi connectivity index (χ4n) is 2.27. The lowest BCUT2D eigenvalue weighted by molar-refractivity contribution is 0.568. The van der Waals surface area contributed by atoms with Crippen molar-refractivity contribution in [1.82, 2.24) is 4.57 Å². The monoisotopic (exact) mass is 506 g/mol. The second kappa shape index (κ2) is 6.76. The standard InChI is InChI=1S/C15H9Br2FN2O3S2/c16-10-3-2-9(6-11(10)17)20-13(7-24-15(20)21)8-1-4-14(12(18)5-8)25(19,22)23/h1-7H,(H2,19,22,23). The molecule has 1 heterocycles. The van der Waals surface area contributed by atoms with Gasteiger partial charge in [0.1, 0.15) is 10.7 Å². The highest BCUT2D eigenvalue weighted by Gasteiger charge is 2.18. The molecule has 0 bridgehead atoms. The van der Waals surface area contributed by atoms with Crippen LogP contribution < -0.4 is 10.0 Å². The molecule has 0 aliphatic rings. The summed E-state index contributed by atoms with van der Waals surface area (Å²) >= 11 is 7.70. The van der Waals surface area contributed by atoms with Crippen molar-refractivity contribution in [2.24, 2.45) is 5.14 Å². The third-order valence-electron chi connectivity index (χ3n) is 3.39. The van der Waals surface area contributed by atoms with Gasteiger partial charge in [0.25, 0.3) is 0 Å². The van der Waals surface area contributed by atoms with Gasteiger partial charge in [-0.05, 0) is 62.2 Å². The molecule has 0 saturated heterocycles. The summed E-state index contributed by atoms with van der Waals surface area (Å²) in [6.45, 7) is 0. The van der Waals surface area contributed by atoms with E-state index in [0.29, 0.717) is 16.9 Å². The number of thiazole rings is 1. The molecule has 3 aromatic rings. The molecule has 0 fully saturated rings. The molecule has 0 amide bonds. The van der Waals surface area contributed by atoms with Crippen LogP contribution in [0.15, 0.2) is 60.4 Å². The Morgan fingerprint density at radius 1 is 1.08 bits per heavy atom. The summed E-state index contributed by atoms with van der Waals surface area (Å²) in [5.41, 5.74) is 1.40. The second-order valence-corrected chi connectivity index (χ2v) is 9.07. The fourth-order valence-corrected chi connectivity index (χ4v) is 4.23. The summed E-state index contributed by atoms with van der Waals surface area (Å²) in [6.07, 6.45) is 0. The third kappa shape index (κ3) is 3.63. The van der Waals surface area contributed by atoms with Crippen molar-refractivity contribution in [1.29, 1.82) is 0 Å². The Balaban J connectivity index is 2.19. The van der Waals surface area contributed by atoms with Crippen LogP contribution in [0.3, 0.4) is 0 Å². The van der Waals surface area contributed by atoms with Crippen molar-refractivity contribution in [2.75, 3.05) is 0 Å². The van der Waals surface area contributed by atoms with E-state index >= 15 is 0 Å². The molecule has 0 unspecified atom stereocenters. The molecule has 1 aromatic heterocycles. The van der Waals surface area contributed by atoms with E-state index in [1.54, 1.807) is 23.6 Å². The molecule has 10 heteroatoms. The maximum Gasteiger partial charge on any atom is 0.312 e.